The molecule has 0 aliphatic rings. The van der Waals surface area contributed by atoms with Crippen molar-refractivity contribution in [2.45, 2.75) is 19.4 Å². The molecule has 5 nitrogen and oxygen atoms in total. The Balaban J connectivity index is 2.89. The molecule has 0 radical (unpaired) electrons. The fraction of sp³-hybridized carbons (Fsp3) is 0.385. The molecule has 1 aromatic rings. The van der Waals surface area contributed by atoms with Crippen LogP contribution in [0.25, 0.3) is 0 Å². The first kappa shape index (κ1) is 15.3. The number of rotatable bonds is 5. The lowest BCUT2D eigenvalue weighted by Gasteiger charge is -2.19. The van der Waals surface area contributed by atoms with E-state index in [0.29, 0.717) is 17.1 Å². The molecule has 1 rings (SSSR count). The molecule has 0 fully saturated rings. The van der Waals surface area contributed by atoms with E-state index in [9.17, 15) is 9.59 Å². The predicted molar refractivity (Wildman–Crippen MR) is 73.0 cm³/mol. The molecule has 0 heterocycles. The Morgan fingerprint density at radius 1 is 1.37 bits per heavy atom. The number of methoxy groups -OCH3 is 1. The maximum absolute atomic E-state index is 11.6. The number of esters is 1. The van der Waals surface area contributed by atoms with Crippen LogP contribution in [0.4, 0.5) is 4.79 Å². The second kappa shape index (κ2) is 7.63. The van der Waals surface area contributed by atoms with Crippen LogP contribution < -0.4 is 10.6 Å². The van der Waals surface area contributed by atoms with Gasteiger partial charge in [-0.2, -0.15) is 0 Å². The van der Waals surface area contributed by atoms with Crippen LogP contribution in [0, 0.1) is 0 Å². The number of urea groups is 1. The Labute approximate surface area is 117 Å². The summed E-state index contributed by atoms with van der Waals surface area (Å²) in [6, 6.07) is 6.19. The van der Waals surface area contributed by atoms with Gasteiger partial charge in [0.05, 0.1) is 19.6 Å². The van der Waals surface area contributed by atoms with Gasteiger partial charge in [-0.05, 0) is 18.6 Å². The molecule has 19 heavy (non-hydrogen) atoms. The third kappa shape index (κ3) is 4.79. The number of ether oxygens (including phenoxy) is 1. The summed E-state index contributed by atoms with van der Waals surface area (Å²) in [5.74, 6) is -0.415. The van der Waals surface area contributed by atoms with Gasteiger partial charge in [-0.15, -0.1) is 0 Å². The van der Waals surface area contributed by atoms with Crippen LogP contribution in [0.5, 0.6) is 0 Å². The number of amides is 2. The van der Waals surface area contributed by atoms with Crippen molar-refractivity contribution < 1.29 is 14.3 Å². The van der Waals surface area contributed by atoms with Crippen molar-refractivity contribution in [3.05, 3.63) is 34.9 Å². The van der Waals surface area contributed by atoms with E-state index in [-0.39, 0.29) is 12.5 Å². The normalized spacial score (nSPS) is 11.5. The van der Waals surface area contributed by atoms with Crippen molar-refractivity contribution in [1.29, 1.82) is 0 Å². The van der Waals surface area contributed by atoms with Gasteiger partial charge in [0.2, 0.25) is 0 Å². The highest BCUT2D eigenvalue weighted by molar-refractivity contribution is 6.31. The zero-order valence-electron chi connectivity index (χ0n) is 10.9. The zero-order valence-corrected chi connectivity index (χ0v) is 11.7. The second-order valence-electron chi connectivity index (χ2n) is 3.86. The van der Waals surface area contributed by atoms with Gasteiger partial charge in [-0.25, -0.2) is 4.79 Å². The number of halogens is 1. The molecule has 0 spiro atoms. The molecule has 0 aliphatic carbocycles. The summed E-state index contributed by atoms with van der Waals surface area (Å²) in [7, 11) is 1.30. The van der Waals surface area contributed by atoms with Crippen LogP contribution in [-0.2, 0) is 9.53 Å². The lowest BCUT2D eigenvalue weighted by atomic mass is 10.0. The molecule has 1 atom stereocenters. The van der Waals surface area contributed by atoms with Crippen LogP contribution in [0.3, 0.4) is 0 Å². The molecule has 6 heteroatoms. The van der Waals surface area contributed by atoms with E-state index in [1.54, 1.807) is 24.3 Å². The number of nitrogens with one attached hydrogen (secondary N) is 2. The van der Waals surface area contributed by atoms with E-state index in [2.05, 4.69) is 15.4 Å². The molecule has 0 saturated heterocycles. The highest BCUT2D eigenvalue weighted by Crippen LogP contribution is 2.25. The number of hydrogen-bond acceptors (Lipinski definition) is 3. The lowest BCUT2D eigenvalue weighted by Crippen LogP contribution is -2.38. The first-order valence-corrected chi connectivity index (χ1v) is 6.31. The lowest BCUT2D eigenvalue weighted by molar-refractivity contribution is -0.141. The van der Waals surface area contributed by atoms with Crippen LogP contribution in [0.15, 0.2) is 24.3 Å². The Morgan fingerprint density at radius 3 is 2.63 bits per heavy atom. The smallest absolute Gasteiger partial charge is 0.315 e. The van der Waals surface area contributed by atoms with Gasteiger partial charge in [0, 0.05) is 11.6 Å². The first-order chi connectivity index (χ1) is 9.08. The topological polar surface area (TPSA) is 67.4 Å². The van der Waals surface area contributed by atoms with E-state index in [1.807, 2.05) is 6.92 Å². The third-order valence-corrected chi connectivity index (χ3v) is 2.87. The summed E-state index contributed by atoms with van der Waals surface area (Å²) in [5, 5.41) is 5.81. The van der Waals surface area contributed by atoms with Crippen LogP contribution >= 0.6 is 11.6 Å². The van der Waals surface area contributed by atoms with Crippen molar-refractivity contribution in [3.63, 3.8) is 0 Å². The van der Waals surface area contributed by atoms with Gasteiger partial charge in [-0.3, -0.25) is 4.79 Å². The minimum atomic E-state index is -0.521. The summed E-state index contributed by atoms with van der Waals surface area (Å²) in [6.45, 7) is 2.31. The molecule has 0 aliphatic heterocycles. The zero-order chi connectivity index (χ0) is 14.3. The summed E-state index contributed by atoms with van der Waals surface area (Å²) in [4.78, 5) is 23.0. The molecule has 2 amide bonds. The average molecular weight is 285 g/mol. The van der Waals surface area contributed by atoms with Crippen molar-refractivity contribution in [1.82, 2.24) is 10.6 Å². The summed E-state index contributed by atoms with van der Waals surface area (Å²) in [6.07, 6.45) is 0.0252. The predicted octanol–water partition coefficient (Wildman–Crippen LogP) is 2.26. The van der Waals surface area contributed by atoms with Crippen molar-refractivity contribution in [2.24, 2.45) is 0 Å². The van der Waals surface area contributed by atoms with Crippen LogP contribution in [0.2, 0.25) is 5.02 Å². The number of carbonyl (C=O) groups is 2. The average Bonchev–Trinajstić information content (AvgIpc) is 2.38. The van der Waals surface area contributed by atoms with Crippen molar-refractivity contribution in [2.75, 3.05) is 13.7 Å². The van der Waals surface area contributed by atoms with E-state index < -0.39 is 12.0 Å². The number of carbonyl (C=O) groups excluding carboxylic acids is 2. The monoisotopic (exact) mass is 284 g/mol. The van der Waals surface area contributed by atoms with Gasteiger partial charge in [0.25, 0.3) is 0 Å². The Hall–Kier alpha value is -1.75. The molecule has 0 saturated carbocycles. The number of benzene rings is 1. The maximum Gasteiger partial charge on any atom is 0.315 e. The minimum absolute atomic E-state index is 0.0252. The molecular formula is C13H17ClN2O3. The molecule has 1 aromatic carbocycles. The van der Waals surface area contributed by atoms with Crippen LogP contribution in [0.1, 0.15) is 24.9 Å². The van der Waals surface area contributed by atoms with Gasteiger partial charge in [0.1, 0.15) is 0 Å². The highest BCUT2D eigenvalue weighted by atomic mass is 35.5. The SMILES string of the molecule is CCNC(=O)NC(CC(=O)OC)c1ccccc1Cl. The van der Waals surface area contributed by atoms with E-state index in [0.717, 1.165) is 0 Å². The molecular weight excluding hydrogens is 268 g/mol. The largest absolute Gasteiger partial charge is 0.469 e. The van der Waals surface area contributed by atoms with E-state index in [1.165, 1.54) is 7.11 Å². The molecule has 2 N–H and O–H groups in total. The Morgan fingerprint density at radius 2 is 2.05 bits per heavy atom. The highest BCUT2D eigenvalue weighted by Gasteiger charge is 2.20. The van der Waals surface area contributed by atoms with Gasteiger partial charge >= 0.3 is 12.0 Å². The van der Waals surface area contributed by atoms with E-state index >= 15 is 0 Å². The van der Waals surface area contributed by atoms with Gasteiger partial charge in [-0.1, -0.05) is 29.8 Å². The fourth-order valence-corrected chi connectivity index (χ4v) is 1.88. The van der Waals surface area contributed by atoms with Crippen LogP contribution in [-0.4, -0.2) is 25.7 Å². The minimum Gasteiger partial charge on any atom is -0.469 e. The van der Waals surface area contributed by atoms with Gasteiger partial charge < -0.3 is 15.4 Å². The maximum atomic E-state index is 11.6. The molecule has 0 bridgehead atoms. The molecule has 0 aromatic heterocycles. The Bertz CT molecular complexity index is 451. The summed E-state index contributed by atoms with van der Waals surface area (Å²) in [5.41, 5.74) is 0.681. The fourth-order valence-electron chi connectivity index (χ4n) is 1.62. The molecule has 1 unspecified atom stereocenters. The quantitative estimate of drug-likeness (QED) is 0.815. The van der Waals surface area contributed by atoms with Gasteiger partial charge in [0.15, 0.2) is 0 Å². The summed E-state index contributed by atoms with van der Waals surface area (Å²) < 4.78 is 4.63. The van der Waals surface area contributed by atoms with Crippen molar-refractivity contribution >= 4 is 23.6 Å². The Kier molecular flexibility index (Phi) is 6.15. The van der Waals surface area contributed by atoms with E-state index in [4.69, 9.17) is 11.6 Å². The summed E-state index contributed by atoms with van der Waals surface area (Å²) >= 11 is 6.08. The second-order valence-corrected chi connectivity index (χ2v) is 4.27. The standard InChI is InChI=1S/C13H17ClN2O3/c1-3-15-13(18)16-11(8-12(17)19-2)9-6-4-5-7-10(9)14/h4-7,11H,3,8H2,1-2H3,(H2,15,16,18). The first-order valence-electron chi connectivity index (χ1n) is 5.94. The van der Waals surface area contributed by atoms with Crippen molar-refractivity contribution in [3.8, 4) is 0 Å². The number of hydrogen-bond donors (Lipinski definition) is 2. The third-order valence-electron chi connectivity index (χ3n) is 2.52. The molecule has 104 valence electrons.